The van der Waals surface area contributed by atoms with E-state index in [1.165, 1.54) is 0 Å². The van der Waals surface area contributed by atoms with E-state index < -0.39 is 0 Å². The minimum atomic E-state index is 0.796. The zero-order chi connectivity index (χ0) is 6.73. The van der Waals surface area contributed by atoms with E-state index in [1.54, 1.807) is 23.3 Å². The van der Waals surface area contributed by atoms with Crippen molar-refractivity contribution in [1.82, 2.24) is 0 Å². The van der Waals surface area contributed by atoms with Crippen LogP contribution in [-0.2, 0) is 19.4 Å². The van der Waals surface area contributed by atoms with Crippen LogP contribution in [0.4, 0.5) is 0 Å². The summed E-state index contributed by atoms with van der Waals surface area (Å²) in [6.45, 7) is 9.06. The van der Waals surface area contributed by atoms with E-state index in [0.29, 0.717) is 0 Å². The van der Waals surface area contributed by atoms with Crippen molar-refractivity contribution >= 4 is 3.90 Å². The van der Waals surface area contributed by atoms with Gasteiger partial charge in [0.1, 0.15) is 0 Å². The summed E-state index contributed by atoms with van der Waals surface area (Å²) in [6, 6.07) is 0. The minimum absolute atomic E-state index is 0.796. The predicted molar refractivity (Wildman–Crippen MR) is 34.7 cm³/mol. The molecule has 0 aliphatic heterocycles. The van der Waals surface area contributed by atoms with Gasteiger partial charge in [-0.2, -0.15) is 0 Å². The SMILES string of the molecule is CC(C)[C](=[W])C(C)C. The molecule has 0 amide bonds. The molecular formula is C7H14W. The third-order valence-electron chi connectivity index (χ3n) is 1.14. The summed E-state index contributed by atoms with van der Waals surface area (Å²) < 4.78 is 1.69. The van der Waals surface area contributed by atoms with Crippen molar-refractivity contribution in [3.05, 3.63) is 0 Å². The van der Waals surface area contributed by atoms with Crippen LogP contribution in [-0.4, -0.2) is 3.90 Å². The average Bonchev–Trinajstić information content (AvgIpc) is 1.64. The molecule has 0 bridgehead atoms. The maximum atomic E-state index is 2.27. The van der Waals surface area contributed by atoms with Gasteiger partial charge in [0.15, 0.2) is 0 Å². The van der Waals surface area contributed by atoms with Gasteiger partial charge in [-0.15, -0.1) is 0 Å². The molecule has 0 rings (SSSR count). The molecule has 0 saturated heterocycles. The Kier molecular flexibility index (Phi) is 3.81. The molecule has 0 aliphatic rings. The first-order chi connectivity index (χ1) is 3.55. The molecule has 0 aromatic heterocycles. The molecule has 48 valence electrons. The Hall–Kier alpha value is 0.558. The summed E-state index contributed by atoms with van der Waals surface area (Å²) in [5.74, 6) is 1.59. The van der Waals surface area contributed by atoms with Crippen molar-refractivity contribution < 1.29 is 19.4 Å². The molecule has 0 atom stereocenters. The zero-order valence-corrected chi connectivity index (χ0v) is 9.00. The van der Waals surface area contributed by atoms with Gasteiger partial charge < -0.3 is 0 Å². The molecule has 0 heterocycles. The molecule has 0 aliphatic carbocycles. The molecule has 0 radical (unpaired) electrons. The van der Waals surface area contributed by atoms with Crippen molar-refractivity contribution in [2.24, 2.45) is 11.8 Å². The number of hydrogen-bond donors (Lipinski definition) is 0. The van der Waals surface area contributed by atoms with Crippen molar-refractivity contribution in [1.29, 1.82) is 0 Å². The molecular weight excluding hydrogens is 268 g/mol. The number of rotatable bonds is 2. The van der Waals surface area contributed by atoms with Crippen molar-refractivity contribution in [2.75, 3.05) is 0 Å². The monoisotopic (exact) mass is 282 g/mol. The second-order valence-corrected chi connectivity index (χ2v) is 4.41. The van der Waals surface area contributed by atoms with Gasteiger partial charge in [0, 0.05) is 0 Å². The Morgan fingerprint density at radius 3 is 1.25 bits per heavy atom. The fourth-order valence-electron chi connectivity index (χ4n) is 0.667. The molecule has 0 spiro atoms. The van der Waals surface area contributed by atoms with Gasteiger partial charge in [0.2, 0.25) is 0 Å². The Bertz CT molecular complexity index is 72.4. The van der Waals surface area contributed by atoms with Crippen LogP contribution in [0, 0.1) is 11.8 Å². The molecule has 0 aromatic carbocycles. The van der Waals surface area contributed by atoms with Gasteiger partial charge in [-0.1, -0.05) is 0 Å². The number of hydrogen-bond acceptors (Lipinski definition) is 0. The third kappa shape index (κ3) is 2.77. The van der Waals surface area contributed by atoms with Crippen molar-refractivity contribution in [3.8, 4) is 0 Å². The molecule has 0 nitrogen and oxygen atoms in total. The Balaban J connectivity index is 3.65. The van der Waals surface area contributed by atoms with Crippen LogP contribution < -0.4 is 0 Å². The normalized spacial score (nSPS) is 10.8. The van der Waals surface area contributed by atoms with E-state index in [2.05, 4.69) is 27.7 Å². The average molecular weight is 282 g/mol. The van der Waals surface area contributed by atoms with Gasteiger partial charge in [0.25, 0.3) is 0 Å². The standard InChI is InChI=1S/C7H14.W/c1-6(2)5-7(3)4;/h6-7H,1-4H3;. The van der Waals surface area contributed by atoms with Crippen LogP contribution in [0.25, 0.3) is 0 Å². The van der Waals surface area contributed by atoms with Gasteiger partial charge in [-0.05, 0) is 0 Å². The zero-order valence-electron chi connectivity index (χ0n) is 6.06. The quantitative estimate of drug-likeness (QED) is 0.727. The Morgan fingerprint density at radius 1 is 1.00 bits per heavy atom. The predicted octanol–water partition coefficient (Wildman–Crippen LogP) is 2.02. The van der Waals surface area contributed by atoms with Gasteiger partial charge >= 0.3 is 62.8 Å². The Morgan fingerprint density at radius 2 is 1.25 bits per heavy atom. The second-order valence-electron chi connectivity index (χ2n) is 2.71. The van der Waals surface area contributed by atoms with Crippen LogP contribution in [0.5, 0.6) is 0 Å². The summed E-state index contributed by atoms with van der Waals surface area (Å²) in [7, 11) is 0. The van der Waals surface area contributed by atoms with E-state index >= 15 is 0 Å². The van der Waals surface area contributed by atoms with E-state index in [4.69, 9.17) is 0 Å². The molecule has 0 fully saturated rings. The van der Waals surface area contributed by atoms with Crippen LogP contribution >= 0.6 is 0 Å². The van der Waals surface area contributed by atoms with E-state index in [-0.39, 0.29) is 0 Å². The van der Waals surface area contributed by atoms with Crippen molar-refractivity contribution in [2.45, 2.75) is 27.7 Å². The fourth-order valence-corrected chi connectivity index (χ4v) is 0.667. The van der Waals surface area contributed by atoms with Crippen LogP contribution in [0.15, 0.2) is 0 Å². The van der Waals surface area contributed by atoms with Crippen molar-refractivity contribution in [3.63, 3.8) is 0 Å². The first kappa shape index (κ1) is 8.56. The summed E-state index contributed by atoms with van der Waals surface area (Å²) >= 11 is 1.66. The van der Waals surface area contributed by atoms with E-state index in [1.807, 2.05) is 0 Å². The van der Waals surface area contributed by atoms with Gasteiger partial charge in [0.05, 0.1) is 0 Å². The van der Waals surface area contributed by atoms with Crippen LogP contribution in [0.2, 0.25) is 0 Å². The summed E-state index contributed by atoms with van der Waals surface area (Å²) in [6.07, 6.45) is 0. The van der Waals surface area contributed by atoms with Gasteiger partial charge in [-0.25, -0.2) is 0 Å². The van der Waals surface area contributed by atoms with E-state index in [0.717, 1.165) is 11.8 Å². The first-order valence-electron chi connectivity index (χ1n) is 3.09. The van der Waals surface area contributed by atoms with Crippen LogP contribution in [0.1, 0.15) is 27.7 Å². The molecule has 1 heteroatoms. The summed E-state index contributed by atoms with van der Waals surface area (Å²) in [5.41, 5.74) is 0. The molecule has 8 heavy (non-hydrogen) atoms. The van der Waals surface area contributed by atoms with E-state index in [9.17, 15) is 0 Å². The molecule has 0 N–H and O–H groups in total. The second kappa shape index (κ2) is 3.56. The molecule has 0 saturated carbocycles. The molecule has 0 aromatic rings. The maximum absolute atomic E-state index is 2.27. The molecule has 0 unspecified atom stereocenters. The third-order valence-corrected chi connectivity index (χ3v) is 4.53. The van der Waals surface area contributed by atoms with Crippen LogP contribution in [0.3, 0.4) is 0 Å². The first-order valence-corrected chi connectivity index (χ1v) is 4.56. The summed E-state index contributed by atoms with van der Waals surface area (Å²) in [5, 5.41) is 0. The topological polar surface area (TPSA) is 0 Å². The fraction of sp³-hybridized carbons (Fsp3) is 0.857. The van der Waals surface area contributed by atoms with Gasteiger partial charge in [-0.3, -0.25) is 0 Å². The Labute approximate surface area is 63.1 Å². The summed E-state index contributed by atoms with van der Waals surface area (Å²) in [4.78, 5) is 0.